The highest BCUT2D eigenvalue weighted by Crippen LogP contribution is 2.36. The molecule has 23 heavy (non-hydrogen) atoms. The molecule has 0 radical (unpaired) electrons. The Hall–Kier alpha value is -1.76. The van der Waals surface area contributed by atoms with Crippen LogP contribution in [0.5, 0.6) is 0 Å². The Kier molecular flexibility index (Phi) is 4.75. The normalized spacial score (nSPS) is 19.6. The zero-order valence-corrected chi connectivity index (χ0v) is 13.9. The molecule has 3 N–H and O–H groups in total. The molecule has 0 spiro atoms. The molecule has 1 aromatic heterocycles. The SMILES string of the molecule is CNC(=O)Cc1nc(CNC2(CO)CCc3ccccc32)cs1. The number of aliphatic hydroxyl groups excluding tert-OH is 1. The summed E-state index contributed by atoms with van der Waals surface area (Å²) in [5, 5.41) is 18.8. The highest BCUT2D eigenvalue weighted by atomic mass is 32.1. The van der Waals surface area contributed by atoms with Crippen LogP contribution in [-0.2, 0) is 29.7 Å². The number of fused-ring (bicyclic) bond motifs is 1. The van der Waals surface area contributed by atoms with E-state index in [9.17, 15) is 9.90 Å². The second kappa shape index (κ2) is 6.78. The first-order chi connectivity index (χ1) is 11.2. The van der Waals surface area contributed by atoms with Gasteiger partial charge in [-0.2, -0.15) is 0 Å². The molecule has 3 rings (SSSR count). The van der Waals surface area contributed by atoms with E-state index in [2.05, 4.69) is 27.8 Å². The summed E-state index contributed by atoms with van der Waals surface area (Å²) in [4.78, 5) is 15.9. The highest BCUT2D eigenvalue weighted by molar-refractivity contribution is 7.09. The van der Waals surface area contributed by atoms with Crippen LogP contribution >= 0.6 is 11.3 Å². The fourth-order valence-corrected chi connectivity index (χ4v) is 3.88. The molecule has 1 amide bonds. The van der Waals surface area contributed by atoms with Crippen molar-refractivity contribution in [3.8, 4) is 0 Å². The molecule has 0 aliphatic heterocycles. The number of hydrogen-bond acceptors (Lipinski definition) is 5. The van der Waals surface area contributed by atoms with E-state index in [1.165, 1.54) is 22.5 Å². The van der Waals surface area contributed by atoms with Crippen molar-refractivity contribution in [2.45, 2.75) is 31.3 Å². The number of nitrogens with zero attached hydrogens (tertiary/aromatic N) is 1. The number of amides is 1. The van der Waals surface area contributed by atoms with Crippen LogP contribution in [-0.4, -0.2) is 29.7 Å². The minimum Gasteiger partial charge on any atom is -0.394 e. The minimum absolute atomic E-state index is 0.0320. The number of rotatable bonds is 6. The summed E-state index contributed by atoms with van der Waals surface area (Å²) < 4.78 is 0. The topological polar surface area (TPSA) is 74.2 Å². The zero-order chi connectivity index (χ0) is 16.3. The van der Waals surface area contributed by atoms with Gasteiger partial charge in [-0.15, -0.1) is 11.3 Å². The van der Waals surface area contributed by atoms with E-state index in [1.807, 2.05) is 17.5 Å². The Balaban J connectivity index is 1.69. The maximum Gasteiger partial charge on any atom is 0.226 e. The number of benzene rings is 1. The lowest BCUT2D eigenvalue weighted by atomic mass is 9.92. The smallest absolute Gasteiger partial charge is 0.226 e. The van der Waals surface area contributed by atoms with E-state index in [0.717, 1.165) is 23.5 Å². The van der Waals surface area contributed by atoms with Gasteiger partial charge in [-0.05, 0) is 24.0 Å². The fourth-order valence-electron chi connectivity index (χ4n) is 3.09. The molecule has 5 nitrogen and oxygen atoms in total. The average Bonchev–Trinajstić information content (AvgIpc) is 3.18. The number of likely N-dealkylation sites (N-methyl/N-ethyl adjacent to an activating group) is 1. The third kappa shape index (κ3) is 3.29. The van der Waals surface area contributed by atoms with Gasteiger partial charge in [0.2, 0.25) is 5.91 Å². The van der Waals surface area contributed by atoms with Crippen LogP contribution < -0.4 is 10.6 Å². The summed E-state index contributed by atoms with van der Waals surface area (Å²) in [5.41, 5.74) is 3.00. The van der Waals surface area contributed by atoms with Crippen LogP contribution in [0.4, 0.5) is 0 Å². The number of hydrogen-bond donors (Lipinski definition) is 3. The molecule has 0 saturated carbocycles. The van der Waals surface area contributed by atoms with Gasteiger partial charge in [-0.25, -0.2) is 4.98 Å². The summed E-state index contributed by atoms with van der Waals surface area (Å²) in [6.45, 7) is 0.651. The summed E-state index contributed by atoms with van der Waals surface area (Å²) in [6, 6.07) is 8.26. The molecule has 0 saturated heterocycles. The van der Waals surface area contributed by atoms with Gasteiger partial charge >= 0.3 is 0 Å². The van der Waals surface area contributed by atoms with Gasteiger partial charge in [-0.1, -0.05) is 24.3 Å². The molecule has 0 bridgehead atoms. The van der Waals surface area contributed by atoms with Crippen molar-refractivity contribution in [2.75, 3.05) is 13.7 Å². The third-order valence-electron chi connectivity index (χ3n) is 4.42. The molecular formula is C17H21N3O2S. The molecule has 2 aromatic rings. The molecule has 1 heterocycles. The van der Waals surface area contributed by atoms with Crippen molar-refractivity contribution in [2.24, 2.45) is 0 Å². The van der Waals surface area contributed by atoms with E-state index < -0.39 is 0 Å². The predicted molar refractivity (Wildman–Crippen MR) is 90.3 cm³/mol. The lowest BCUT2D eigenvalue weighted by molar-refractivity contribution is -0.119. The molecule has 1 aliphatic rings. The Morgan fingerprint density at radius 2 is 2.26 bits per heavy atom. The van der Waals surface area contributed by atoms with Crippen LogP contribution in [0.1, 0.15) is 28.2 Å². The maximum atomic E-state index is 11.4. The Bertz CT molecular complexity index is 701. The number of carbonyl (C=O) groups excluding carboxylic acids is 1. The Morgan fingerprint density at radius 1 is 1.43 bits per heavy atom. The largest absolute Gasteiger partial charge is 0.394 e. The van der Waals surface area contributed by atoms with E-state index in [-0.39, 0.29) is 18.1 Å². The average molecular weight is 331 g/mol. The van der Waals surface area contributed by atoms with Gasteiger partial charge in [0.05, 0.1) is 24.3 Å². The lowest BCUT2D eigenvalue weighted by Crippen LogP contribution is -2.43. The van der Waals surface area contributed by atoms with Gasteiger partial charge in [-0.3, -0.25) is 10.1 Å². The monoisotopic (exact) mass is 331 g/mol. The van der Waals surface area contributed by atoms with E-state index in [0.29, 0.717) is 13.0 Å². The van der Waals surface area contributed by atoms with Crippen LogP contribution in [0.3, 0.4) is 0 Å². The molecule has 1 aromatic carbocycles. The molecule has 1 unspecified atom stereocenters. The highest BCUT2D eigenvalue weighted by Gasteiger charge is 2.37. The van der Waals surface area contributed by atoms with Crippen LogP contribution in [0.2, 0.25) is 0 Å². The Labute approximate surface area is 139 Å². The van der Waals surface area contributed by atoms with Gasteiger partial charge in [0, 0.05) is 19.0 Å². The quantitative estimate of drug-likeness (QED) is 0.747. The number of aryl methyl sites for hydroxylation is 1. The number of thiazole rings is 1. The summed E-state index contributed by atoms with van der Waals surface area (Å²) >= 11 is 1.49. The van der Waals surface area contributed by atoms with Gasteiger partial charge in [0.1, 0.15) is 5.01 Å². The van der Waals surface area contributed by atoms with E-state index >= 15 is 0 Å². The lowest BCUT2D eigenvalue weighted by Gasteiger charge is -2.29. The zero-order valence-electron chi connectivity index (χ0n) is 13.1. The van der Waals surface area contributed by atoms with Crippen molar-refractivity contribution in [1.82, 2.24) is 15.6 Å². The van der Waals surface area contributed by atoms with Crippen LogP contribution in [0.15, 0.2) is 29.6 Å². The van der Waals surface area contributed by atoms with E-state index in [4.69, 9.17) is 0 Å². The minimum atomic E-state index is -0.388. The third-order valence-corrected chi connectivity index (χ3v) is 5.32. The standard InChI is InChI=1S/C17H21N3O2S/c1-18-15(22)8-16-20-13(10-23-16)9-19-17(11-21)7-6-12-4-2-3-5-14(12)17/h2-5,10,19,21H,6-9,11H2,1H3,(H,18,22). The van der Waals surface area contributed by atoms with Gasteiger partial charge in [0.25, 0.3) is 0 Å². The molecule has 1 aliphatic carbocycles. The van der Waals surface area contributed by atoms with Gasteiger partial charge in [0.15, 0.2) is 0 Å². The Morgan fingerprint density at radius 3 is 3.04 bits per heavy atom. The van der Waals surface area contributed by atoms with Crippen molar-refractivity contribution in [1.29, 1.82) is 0 Å². The maximum absolute atomic E-state index is 11.4. The molecular weight excluding hydrogens is 310 g/mol. The number of aromatic nitrogens is 1. The van der Waals surface area contributed by atoms with Crippen molar-refractivity contribution < 1.29 is 9.90 Å². The second-order valence-corrected chi connectivity index (χ2v) is 6.78. The first-order valence-corrected chi connectivity index (χ1v) is 8.63. The van der Waals surface area contributed by atoms with Crippen molar-refractivity contribution >= 4 is 17.2 Å². The fraction of sp³-hybridized carbons (Fsp3) is 0.412. The van der Waals surface area contributed by atoms with Crippen LogP contribution in [0.25, 0.3) is 0 Å². The summed E-state index contributed by atoms with van der Waals surface area (Å²) in [5.74, 6) is -0.0320. The van der Waals surface area contributed by atoms with Crippen molar-refractivity contribution in [3.05, 3.63) is 51.5 Å². The first kappa shape index (κ1) is 16.1. The number of aliphatic hydroxyl groups is 1. The first-order valence-electron chi connectivity index (χ1n) is 7.75. The van der Waals surface area contributed by atoms with Crippen LogP contribution in [0, 0.1) is 0 Å². The molecule has 6 heteroatoms. The number of nitrogens with one attached hydrogen (secondary N) is 2. The van der Waals surface area contributed by atoms with Gasteiger partial charge < -0.3 is 10.4 Å². The molecule has 0 fully saturated rings. The van der Waals surface area contributed by atoms with Crippen molar-refractivity contribution in [3.63, 3.8) is 0 Å². The summed E-state index contributed by atoms with van der Waals surface area (Å²) in [7, 11) is 1.63. The molecule has 1 atom stereocenters. The predicted octanol–water partition coefficient (Wildman–Crippen LogP) is 1.36. The number of carbonyl (C=O) groups is 1. The second-order valence-electron chi connectivity index (χ2n) is 5.83. The summed E-state index contributed by atoms with van der Waals surface area (Å²) in [6.07, 6.45) is 2.18. The van der Waals surface area contributed by atoms with E-state index in [1.54, 1.807) is 7.05 Å². The molecule has 122 valence electrons.